The van der Waals surface area contributed by atoms with Crippen molar-refractivity contribution in [2.45, 2.75) is 6.42 Å². The first-order chi connectivity index (χ1) is 9.79. The summed E-state index contributed by atoms with van der Waals surface area (Å²) in [5.41, 5.74) is 3.51. The van der Waals surface area contributed by atoms with Gasteiger partial charge in [0.15, 0.2) is 0 Å². The number of hydrogen-bond donors (Lipinski definition) is 0. The van der Waals surface area contributed by atoms with Gasteiger partial charge in [-0.1, -0.05) is 54.6 Å². The van der Waals surface area contributed by atoms with E-state index >= 15 is 0 Å². The topological polar surface area (TPSA) is 27.0 Å². The van der Waals surface area contributed by atoms with Crippen LogP contribution in [0.25, 0.3) is 12.2 Å². The predicted octanol–water partition coefficient (Wildman–Crippen LogP) is 4.21. The van der Waals surface area contributed by atoms with E-state index in [0.29, 0.717) is 6.42 Å². The normalized spacial score (nSPS) is 10.4. The number of nitriles is 1. The van der Waals surface area contributed by atoms with Crippen molar-refractivity contribution in [1.29, 1.82) is 5.26 Å². The van der Waals surface area contributed by atoms with Gasteiger partial charge < -0.3 is 4.90 Å². The molecule has 0 atom stereocenters. The molecule has 0 radical (unpaired) electrons. The molecule has 0 fully saturated rings. The van der Waals surface area contributed by atoms with Crippen LogP contribution in [0.4, 0.5) is 5.69 Å². The van der Waals surface area contributed by atoms with Gasteiger partial charge in [-0.05, 0) is 23.3 Å². The molecule has 0 bridgehead atoms. The molecule has 0 spiro atoms. The van der Waals surface area contributed by atoms with Crippen LogP contribution in [0.5, 0.6) is 0 Å². The van der Waals surface area contributed by atoms with Gasteiger partial charge in [-0.15, -0.1) is 0 Å². The van der Waals surface area contributed by atoms with Gasteiger partial charge in [0.2, 0.25) is 0 Å². The van der Waals surface area contributed by atoms with E-state index < -0.39 is 0 Å². The zero-order valence-electron chi connectivity index (χ0n) is 11.7. The average molecular weight is 262 g/mol. The molecule has 0 heterocycles. The zero-order chi connectivity index (χ0) is 14.2. The summed E-state index contributed by atoms with van der Waals surface area (Å²) in [6, 6.07) is 20.8. The Hall–Kier alpha value is -2.53. The molecule has 0 saturated carbocycles. The van der Waals surface area contributed by atoms with Crippen molar-refractivity contribution >= 4 is 17.8 Å². The van der Waals surface area contributed by atoms with E-state index in [-0.39, 0.29) is 0 Å². The van der Waals surface area contributed by atoms with Crippen molar-refractivity contribution in [2.75, 3.05) is 18.5 Å². The van der Waals surface area contributed by atoms with Crippen LogP contribution < -0.4 is 4.90 Å². The maximum absolute atomic E-state index is 8.60. The maximum Gasteiger partial charge on any atom is 0.0640 e. The van der Waals surface area contributed by atoms with E-state index in [4.69, 9.17) is 5.26 Å². The minimum atomic E-state index is 0.548. The molecule has 0 amide bonds. The van der Waals surface area contributed by atoms with Crippen molar-refractivity contribution in [3.05, 3.63) is 65.7 Å². The lowest BCUT2D eigenvalue weighted by Gasteiger charge is -2.17. The molecule has 0 aliphatic rings. The van der Waals surface area contributed by atoms with Crippen LogP contribution in [0.1, 0.15) is 17.5 Å². The molecule has 0 aliphatic heterocycles. The van der Waals surface area contributed by atoms with Gasteiger partial charge in [0.05, 0.1) is 12.5 Å². The summed E-state index contributed by atoms with van der Waals surface area (Å²) in [5, 5.41) is 8.60. The maximum atomic E-state index is 8.60. The Bertz CT molecular complexity index is 592. The van der Waals surface area contributed by atoms with Gasteiger partial charge in [-0.3, -0.25) is 0 Å². The van der Waals surface area contributed by atoms with Crippen LogP contribution in [0.3, 0.4) is 0 Å². The number of benzene rings is 2. The van der Waals surface area contributed by atoms with Crippen LogP contribution >= 0.6 is 0 Å². The van der Waals surface area contributed by atoms with Gasteiger partial charge in [0, 0.05) is 19.3 Å². The Kier molecular flexibility index (Phi) is 4.97. The van der Waals surface area contributed by atoms with Crippen molar-refractivity contribution in [3.63, 3.8) is 0 Å². The molecule has 0 unspecified atom stereocenters. The molecule has 100 valence electrons. The minimum absolute atomic E-state index is 0.548. The number of nitrogens with zero attached hydrogens (tertiary/aromatic N) is 2. The van der Waals surface area contributed by atoms with E-state index in [1.807, 2.05) is 25.2 Å². The van der Waals surface area contributed by atoms with E-state index in [9.17, 15) is 0 Å². The zero-order valence-corrected chi connectivity index (χ0v) is 11.7. The standard InChI is InChI=1S/C18H18N2/c1-20(15-5-14-19)18-12-10-17(11-13-18)9-8-16-6-3-2-4-7-16/h2-4,6-13H,5,15H2,1H3/b9-8+. The summed E-state index contributed by atoms with van der Waals surface area (Å²) in [5.74, 6) is 0. The Morgan fingerprint density at radius 2 is 1.55 bits per heavy atom. The van der Waals surface area contributed by atoms with Gasteiger partial charge in [0.1, 0.15) is 0 Å². The molecule has 20 heavy (non-hydrogen) atoms. The van der Waals surface area contributed by atoms with Gasteiger partial charge in [-0.25, -0.2) is 0 Å². The lowest BCUT2D eigenvalue weighted by atomic mass is 10.1. The van der Waals surface area contributed by atoms with E-state index in [1.165, 1.54) is 11.1 Å². The van der Waals surface area contributed by atoms with Gasteiger partial charge in [-0.2, -0.15) is 5.26 Å². The Labute approximate surface area is 120 Å². The third-order valence-electron chi connectivity index (χ3n) is 3.16. The van der Waals surface area contributed by atoms with Crippen LogP contribution in [-0.2, 0) is 0 Å². The summed E-state index contributed by atoms with van der Waals surface area (Å²) in [7, 11) is 2.01. The quantitative estimate of drug-likeness (QED) is 0.755. The molecule has 0 N–H and O–H groups in total. The summed E-state index contributed by atoms with van der Waals surface area (Å²) < 4.78 is 0. The number of hydrogen-bond acceptors (Lipinski definition) is 2. The molecular formula is C18H18N2. The largest absolute Gasteiger partial charge is 0.374 e. The van der Waals surface area contributed by atoms with Crippen molar-refractivity contribution in [1.82, 2.24) is 0 Å². The fourth-order valence-electron chi connectivity index (χ4n) is 1.94. The first kappa shape index (κ1) is 13.9. The van der Waals surface area contributed by atoms with Crippen molar-refractivity contribution in [2.24, 2.45) is 0 Å². The second-order valence-electron chi connectivity index (χ2n) is 4.67. The molecule has 2 aromatic carbocycles. The Balaban J connectivity index is 2.02. The Morgan fingerprint density at radius 3 is 2.15 bits per heavy atom. The van der Waals surface area contributed by atoms with Crippen LogP contribution in [0.2, 0.25) is 0 Å². The second kappa shape index (κ2) is 7.16. The number of anilines is 1. The van der Waals surface area contributed by atoms with E-state index in [1.54, 1.807) is 0 Å². The Morgan fingerprint density at radius 1 is 0.950 bits per heavy atom. The molecule has 2 heteroatoms. The molecule has 0 aliphatic carbocycles. The molecule has 0 saturated heterocycles. The highest BCUT2D eigenvalue weighted by atomic mass is 15.1. The lowest BCUT2D eigenvalue weighted by Crippen LogP contribution is -2.17. The third-order valence-corrected chi connectivity index (χ3v) is 3.16. The average Bonchev–Trinajstić information content (AvgIpc) is 2.52. The predicted molar refractivity (Wildman–Crippen MR) is 85.3 cm³/mol. The van der Waals surface area contributed by atoms with Gasteiger partial charge in [0.25, 0.3) is 0 Å². The summed E-state index contributed by atoms with van der Waals surface area (Å²) >= 11 is 0. The summed E-state index contributed by atoms with van der Waals surface area (Å²) in [6.07, 6.45) is 4.76. The van der Waals surface area contributed by atoms with Crippen LogP contribution in [0, 0.1) is 11.3 Å². The number of rotatable bonds is 5. The lowest BCUT2D eigenvalue weighted by molar-refractivity contribution is 0.905. The molecule has 2 rings (SSSR count). The highest BCUT2D eigenvalue weighted by Crippen LogP contribution is 2.15. The van der Waals surface area contributed by atoms with E-state index in [2.05, 4.69) is 59.5 Å². The van der Waals surface area contributed by atoms with Crippen LogP contribution in [-0.4, -0.2) is 13.6 Å². The second-order valence-corrected chi connectivity index (χ2v) is 4.67. The summed E-state index contributed by atoms with van der Waals surface area (Å²) in [4.78, 5) is 2.09. The highest BCUT2D eigenvalue weighted by molar-refractivity contribution is 5.70. The highest BCUT2D eigenvalue weighted by Gasteiger charge is 1.99. The van der Waals surface area contributed by atoms with Crippen molar-refractivity contribution < 1.29 is 0 Å². The first-order valence-electron chi connectivity index (χ1n) is 6.71. The first-order valence-corrected chi connectivity index (χ1v) is 6.71. The fraction of sp³-hybridized carbons (Fsp3) is 0.167. The molecule has 0 aromatic heterocycles. The van der Waals surface area contributed by atoms with Gasteiger partial charge >= 0.3 is 0 Å². The van der Waals surface area contributed by atoms with Crippen molar-refractivity contribution in [3.8, 4) is 6.07 Å². The van der Waals surface area contributed by atoms with Crippen LogP contribution in [0.15, 0.2) is 54.6 Å². The molecule has 2 nitrogen and oxygen atoms in total. The smallest absolute Gasteiger partial charge is 0.0640 e. The van der Waals surface area contributed by atoms with E-state index in [0.717, 1.165) is 12.2 Å². The minimum Gasteiger partial charge on any atom is -0.374 e. The summed E-state index contributed by atoms with van der Waals surface area (Å²) in [6.45, 7) is 0.760. The monoisotopic (exact) mass is 262 g/mol. The molecule has 2 aromatic rings. The molecular weight excluding hydrogens is 244 g/mol. The SMILES string of the molecule is CN(CCC#N)c1ccc(/C=C/c2ccccc2)cc1. The fourth-order valence-corrected chi connectivity index (χ4v) is 1.94. The third kappa shape index (κ3) is 4.00.